The first-order chi connectivity index (χ1) is 23.0. The molecule has 0 aliphatic heterocycles. The first kappa shape index (κ1) is 33.3. The standard InChI is InChI=1S/C24H16N2.C12H8N2O4.2ClH.Ru/c1-3-7-17(8-4-1)19-13-15-25-23-21(19)11-12-22-20(14-16-26-24(22)23)18-9-5-2-6-10-18;15-7-18-9-2-4-14-11(6-9)10-5-8(12(16)17)1-3-13-10;;;/h1-16H;1-7H,(H,16,17);2*1H;/q;;;;+2/p-2. The van der Waals surface area contributed by atoms with Gasteiger partial charge in [0.15, 0.2) is 0 Å². The van der Waals surface area contributed by atoms with Crippen LogP contribution in [0, 0.1) is 0 Å². The van der Waals surface area contributed by atoms with E-state index in [2.05, 4.69) is 97.5 Å². The fourth-order valence-corrected chi connectivity index (χ4v) is 4.95. The number of aromatic nitrogens is 4. The topological polar surface area (TPSA) is 115 Å². The molecule has 234 valence electrons. The van der Waals surface area contributed by atoms with Crippen molar-refractivity contribution in [3.05, 3.63) is 140 Å². The Balaban J connectivity index is 0.000000181. The normalized spacial score (nSPS) is 10.3. The number of benzene rings is 3. The molecular formula is C36H24Cl2N4O4Ru. The average molecular weight is 749 g/mol. The molecule has 0 bridgehead atoms. The number of aromatic carboxylic acids is 1. The molecule has 0 atom stereocenters. The zero-order valence-corrected chi connectivity index (χ0v) is 27.6. The van der Waals surface area contributed by atoms with Crippen molar-refractivity contribution in [2.24, 2.45) is 0 Å². The van der Waals surface area contributed by atoms with E-state index in [4.69, 9.17) is 24.5 Å². The number of carbonyl (C=O) groups is 2. The number of rotatable bonds is 6. The van der Waals surface area contributed by atoms with Gasteiger partial charge in [0.2, 0.25) is 0 Å². The second-order valence-corrected chi connectivity index (χ2v) is 12.3. The third-order valence-electron chi connectivity index (χ3n) is 6.98. The van der Waals surface area contributed by atoms with Gasteiger partial charge < -0.3 is 9.84 Å². The summed E-state index contributed by atoms with van der Waals surface area (Å²) in [6, 6.07) is 35.1. The number of carboxylic acid groups (broad SMARTS) is 1. The minimum Gasteiger partial charge on any atom is -0.254 e. The third kappa shape index (κ3) is 8.21. The minimum absolute atomic E-state index is 0.114. The molecule has 0 saturated carbocycles. The fourth-order valence-electron chi connectivity index (χ4n) is 4.95. The first-order valence-electron chi connectivity index (χ1n) is 13.9. The predicted octanol–water partition coefficient (Wildman–Crippen LogP) is 8.87. The van der Waals surface area contributed by atoms with Gasteiger partial charge in [-0.15, -0.1) is 0 Å². The Morgan fingerprint density at radius 1 is 0.638 bits per heavy atom. The van der Waals surface area contributed by atoms with Crippen molar-refractivity contribution < 1.29 is 34.6 Å². The quantitative estimate of drug-likeness (QED) is 0.102. The zero-order valence-electron chi connectivity index (χ0n) is 24.3. The van der Waals surface area contributed by atoms with Crippen molar-refractivity contribution in [1.29, 1.82) is 0 Å². The van der Waals surface area contributed by atoms with E-state index in [0.717, 1.165) is 21.8 Å². The van der Waals surface area contributed by atoms with Gasteiger partial charge in [-0.3, -0.25) is 24.7 Å². The summed E-state index contributed by atoms with van der Waals surface area (Å²) in [5.74, 6) is -0.725. The van der Waals surface area contributed by atoms with E-state index >= 15 is 0 Å². The molecule has 0 aliphatic carbocycles. The number of hydrogen-bond donors (Lipinski definition) is 1. The summed E-state index contributed by atoms with van der Waals surface area (Å²) in [6.45, 7) is 0.306. The van der Waals surface area contributed by atoms with Crippen molar-refractivity contribution in [1.82, 2.24) is 19.9 Å². The molecule has 0 fully saturated rings. The van der Waals surface area contributed by atoms with Gasteiger partial charge in [0, 0.05) is 41.6 Å². The predicted molar refractivity (Wildman–Crippen MR) is 181 cm³/mol. The van der Waals surface area contributed by atoms with E-state index in [-0.39, 0.29) is 20.7 Å². The fraction of sp³-hybridized carbons (Fsp3) is 0. The van der Waals surface area contributed by atoms with E-state index in [9.17, 15) is 9.59 Å². The summed E-state index contributed by atoms with van der Waals surface area (Å²) < 4.78 is 4.68. The molecule has 4 heterocycles. The Morgan fingerprint density at radius 2 is 1.11 bits per heavy atom. The number of fused-ring (bicyclic) bond motifs is 3. The van der Waals surface area contributed by atoms with E-state index in [1.165, 1.54) is 58.9 Å². The summed E-state index contributed by atoms with van der Waals surface area (Å²) in [5.41, 5.74) is 7.58. The summed E-state index contributed by atoms with van der Waals surface area (Å²) in [4.78, 5) is 38.5. The number of halogens is 2. The van der Waals surface area contributed by atoms with Crippen molar-refractivity contribution in [3.8, 4) is 39.4 Å². The Bertz CT molecular complexity index is 2040. The van der Waals surface area contributed by atoms with Crippen molar-refractivity contribution >= 4 is 53.6 Å². The van der Waals surface area contributed by atoms with Crippen LogP contribution in [0.5, 0.6) is 5.75 Å². The van der Waals surface area contributed by atoms with Crippen LogP contribution in [0.15, 0.2) is 134 Å². The van der Waals surface area contributed by atoms with Crippen LogP contribution >= 0.6 is 19.4 Å². The summed E-state index contributed by atoms with van der Waals surface area (Å²) in [6.07, 6.45) is 6.58. The Kier molecular flexibility index (Phi) is 11.7. The van der Waals surface area contributed by atoms with Gasteiger partial charge >= 0.3 is 40.5 Å². The second kappa shape index (κ2) is 16.5. The number of carbonyl (C=O) groups excluding carboxylic acids is 1. The van der Waals surface area contributed by atoms with Gasteiger partial charge in [0.1, 0.15) is 5.75 Å². The van der Waals surface area contributed by atoms with E-state index in [0.29, 0.717) is 23.6 Å². The Labute approximate surface area is 285 Å². The van der Waals surface area contributed by atoms with Crippen LogP contribution in [0.2, 0.25) is 0 Å². The number of hydrogen-bond acceptors (Lipinski definition) is 7. The molecule has 0 amide bonds. The molecule has 11 heteroatoms. The maximum absolute atomic E-state index is 10.8. The Hall–Kier alpha value is -5.08. The molecule has 8 nitrogen and oxygen atoms in total. The molecular weight excluding hydrogens is 724 g/mol. The molecule has 0 saturated heterocycles. The van der Waals surface area contributed by atoms with E-state index in [1.807, 2.05) is 24.5 Å². The van der Waals surface area contributed by atoms with Crippen LogP contribution in [0.25, 0.3) is 55.4 Å². The summed E-state index contributed by atoms with van der Waals surface area (Å²) in [7, 11) is 9.71. The van der Waals surface area contributed by atoms with Crippen molar-refractivity contribution in [2.75, 3.05) is 0 Å². The molecule has 7 rings (SSSR count). The van der Waals surface area contributed by atoms with Gasteiger partial charge in [-0.2, -0.15) is 0 Å². The molecule has 0 spiro atoms. The number of pyridine rings is 4. The number of ether oxygens (including phenoxy) is 1. The largest absolute Gasteiger partial charge is 0.254 e. The van der Waals surface area contributed by atoms with Crippen LogP contribution < -0.4 is 4.74 Å². The molecule has 3 aromatic carbocycles. The molecule has 4 aromatic heterocycles. The van der Waals surface area contributed by atoms with Crippen LogP contribution in [0.4, 0.5) is 0 Å². The second-order valence-electron chi connectivity index (χ2n) is 9.68. The summed E-state index contributed by atoms with van der Waals surface area (Å²) >= 11 is -0.346. The first-order valence-corrected chi connectivity index (χ1v) is 18.4. The minimum atomic E-state index is -1.04. The number of nitrogens with zero attached hydrogens (tertiary/aromatic N) is 4. The smallest absolute Gasteiger partial charge is 0.0970 e. The zero-order chi connectivity index (χ0) is 33.0. The number of carboxylic acids is 1. The SMILES string of the molecule is O=COc1ccnc(-c2cc(C(=O)O)ccn2)c1.[Cl][Ru][Cl].c1ccc(-c2ccnc3c2ccc2c(-c4ccccc4)ccnc23)cc1. The summed E-state index contributed by atoms with van der Waals surface area (Å²) in [5, 5.41) is 11.1. The van der Waals surface area contributed by atoms with Crippen molar-refractivity contribution in [3.63, 3.8) is 0 Å². The molecule has 0 aliphatic rings. The average Bonchev–Trinajstić information content (AvgIpc) is 3.12. The van der Waals surface area contributed by atoms with Gasteiger partial charge in [-0.25, -0.2) is 4.79 Å². The maximum Gasteiger partial charge on any atom is 0.0970 e. The third-order valence-corrected chi connectivity index (χ3v) is 6.98. The van der Waals surface area contributed by atoms with E-state index in [1.54, 1.807) is 0 Å². The van der Waals surface area contributed by atoms with Crippen LogP contribution in [0.1, 0.15) is 10.4 Å². The molecule has 0 unspecified atom stereocenters. The molecule has 0 radical (unpaired) electrons. The van der Waals surface area contributed by atoms with Crippen molar-refractivity contribution in [2.45, 2.75) is 0 Å². The van der Waals surface area contributed by atoms with Gasteiger partial charge in [0.25, 0.3) is 6.47 Å². The molecule has 7 aromatic rings. The van der Waals surface area contributed by atoms with Crippen LogP contribution in [0.3, 0.4) is 0 Å². The van der Waals surface area contributed by atoms with Gasteiger partial charge in [-0.1, -0.05) is 72.8 Å². The van der Waals surface area contributed by atoms with Gasteiger partial charge in [-0.05, 0) is 52.6 Å². The van der Waals surface area contributed by atoms with E-state index < -0.39 is 5.97 Å². The molecule has 47 heavy (non-hydrogen) atoms. The molecule has 1 N–H and O–H groups in total. The Morgan fingerprint density at radius 3 is 1.60 bits per heavy atom. The van der Waals surface area contributed by atoms with Crippen LogP contribution in [-0.2, 0) is 19.9 Å². The van der Waals surface area contributed by atoms with Gasteiger partial charge in [0.05, 0.1) is 28.0 Å². The van der Waals surface area contributed by atoms with Crippen LogP contribution in [-0.4, -0.2) is 37.5 Å². The maximum atomic E-state index is 10.8. The monoisotopic (exact) mass is 748 g/mol.